The molecule has 1 saturated carbocycles. The molecule has 1 aliphatic carbocycles. The molecule has 2 rings (SSSR count). The Morgan fingerprint density at radius 3 is 2.75 bits per heavy atom. The number of tetrazole rings is 1. The van der Waals surface area contributed by atoms with E-state index in [2.05, 4.69) is 15.5 Å². The summed E-state index contributed by atoms with van der Waals surface area (Å²) in [5.41, 5.74) is -0.165. The maximum Gasteiger partial charge on any atom is 0.306 e. The topological polar surface area (TPSA) is 99.4 Å². The fourth-order valence-electron chi connectivity index (χ4n) is 2.41. The summed E-state index contributed by atoms with van der Waals surface area (Å²) in [5, 5.41) is 20.4. The largest absolute Gasteiger partial charge is 0.481 e. The Labute approximate surface area is 117 Å². The molecule has 8 heteroatoms. The van der Waals surface area contributed by atoms with E-state index in [0.717, 1.165) is 19.3 Å². The number of rotatable bonds is 8. The van der Waals surface area contributed by atoms with Crippen LogP contribution in [0.1, 0.15) is 31.5 Å². The molecule has 0 aliphatic heterocycles. The molecule has 0 amide bonds. The number of aromatic nitrogens is 4. The van der Waals surface area contributed by atoms with E-state index in [1.165, 1.54) is 7.11 Å². The minimum Gasteiger partial charge on any atom is -0.481 e. The molecule has 1 aromatic heterocycles. The van der Waals surface area contributed by atoms with Crippen LogP contribution in [0.25, 0.3) is 0 Å². The van der Waals surface area contributed by atoms with Gasteiger partial charge in [0.05, 0.1) is 24.7 Å². The van der Waals surface area contributed by atoms with Crippen molar-refractivity contribution in [2.75, 3.05) is 14.2 Å². The molecule has 0 bridgehead atoms. The number of aliphatic carboxylic acids is 1. The van der Waals surface area contributed by atoms with Crippen LogP contribution >= 0.6 is 0 Å². The summed E-state index contributed by atoms with van der Waals surface area (Å²) in [6.07, 6.45) is 3.26. The van der Waals surface area contributed by atoms with Crippen molar-refractivity contribution in [3.8, 4) is 0 Å². The van der Waals surface area contributed by atoms with Crippen LogP contribution in [0.4, 0.5) is 0 Å². The van der Waals surface area contributed by atoms with Crippen LogP contribution in [0.5, 0.6) is 0 Å². The van der Waals surface area contributed by atoms with Gasteiger partial charge in [-0.25, -0.2) is 4.68 Å². The maximum atomic E-state index is 10.8. The third kappa shape index (κ3) is 3.31. The van der Waals surface area contributed by atoms with Gasteiger partial charge in [-0.3, -0.25) is 4.79 Å². The second-order valence-electron chi connectivity index (χ2n) is 5.15. The van der Waals surface area contributed by atoms with Gasteiger partial charge in [0.25, 0.3) is 0 Å². The first-order valence-corrected chi connectivity index (χ1v) is 6.63. The summed E-state index contributed by atoms with van der Waals surface area (Å²) >= 11 is 0. The number of nitrogens with zero attached hydrogens (tertiary/aromatic N) is 4. The standard InChI is InChI=1S/C12H20N4O4/c1-19-9(6-11(17)18)8-16-10(13-14-15-16)7-12(20-2)4-3-5-12/h9H,3-8H2,1-2H3,(H,17,18). The summed E-state index contributed by atoms with van der Waals surface area (Å²) in [6.45, 7) is 0.324. The third-order valence-corrected chi connectivity index (χ3v) is 3.90. The zero-order valence-electron chi connectivity index (χ0n) is 11.8. The molecule has 1 fully saturated rings. The van der Waals surface area contributed by atoms with Crippen molar-refractivity contribution in [3.05, 3.63) is 5.82 Å². The van der Waals surface area contributed by atoms with Crippen molar-refractivity contribution >= 4 is 5.97 Å². The van der Waals surface area contributed by atoms with Crippen molar-refractivity contribution in [1.82, 2.24) is 20.2 Å². The van der Waals surface area contributed by atoms with E-state index < -0.39 is 12.1 Å². The summed E-state index contributed by atoms with van der Waals surface area (Å²) in [6, 6.07) is 0. The number of carboxylic acids is 1. The predicted octanol–water partition coefficient (Wildman–Crippen LogP) is 0.274. The van der Waals surface area contributed by atoms with Crippen LogP contribution < -0.4 is 0 Å². The van der Waals surface area contributed by atoms with E-state index >= 15 is 0 Å². The fourth-order valence-corrected chi connectivity index (χ4v) is 2.41. The Balaban J connectivity index is 2.02. The van der Waals surface area contributed by atoms with E-state index in [1.54, 1.807) is 11.8 Å². The molecule has 0 saturated heterocycles. The van der Waals surface area contributed by atoms with Crippen molar-refractivity contribution in [2.45, 2.75) is 50.4 Å². The Hall–Kier alpha value is -1.54. The Kier molecular flexibility index (Phi) is 4.66. The number of ether oxygens (including phenoxy) is 2. The SMILES string of the molecule is COC(CC(=O)O)Cn1nnnc1CC1(OC)CCC1. The predicted molar refractivity (Wildman–Crippen MR) is 68.2 cm³/mol. The van der Waals surface area contributed by atoms with Gasteiger partial charge in [-0.05, 0) is 29.7 Å². The van der Waals surface area contributed by atoms with Crippen LogP contribution in [0.2, 0.25) is 0 Å². The van der Waals surface area contributed by atoms with E-state index in [4.69, 9.17) is 14.6 Å². The molecule has 0 radical (unpaired) electrons. The molecule has 0 aromatic carbocycles. The highest BCUT2D eigenvalue weighted by atomic mass is 16.5. The van der Waals surface area contributed by atoms with Crippen LogP contribution in [0.15, 0.2) is 0 Å². The molecule has 20 heavy (non-hydrogen) atoms. The van der Waals surface area contributed by atoms with Gasteiger partial charge in [-0.15, -0.1) is 5.10 Å². The lowest BCUT2D eigenvalue weighted by atomic mass is 9.77. The van der Waals surface area contributed by atoms with E-state index in [9.17, 15) is 4.79 Å². The first-order valence-electron chi connectivity index (χ1n) is 6.63. The van der Waals surface area contributed by atoms with E-state index in [0.29, 0.717) is 18.8 Å². The lowest BCUT2D eigenvalue weighted by molar-refractivity contribution is -0.140. The normalized spacial score (nSPS) is 18.5. The number of methoxy groups -OCH3 is 2. The fraction of sp³-hybridized carbons (Fsp3) is 0.833. The lowest BCUT2D eigenvalue weighted by Crippen LogP contribution is -2.42. The summed E-state index contributed by atoms with van der Waals surface area (Å²) in [5.74, 6) is -0.196. The zero-order chi connectivity index (χ0) is 14.6. The highest BCUT2D eigenvalue weighted by Gasteiger charge is 2.38. The summed E-state index contributed by atoms with van der Waals surface area (Å²) < 4.78 is 12.3. The zero-order valence-corrected chi connectivity index (χ0v) is 11.8. The highest BCUT2D eigenvalue weighted by Crippen LogP contribution is 2.37. The van der Waals surface area contributed by atoms with Crippen molar-refractivity contribution in [2.24, 2.45) is 0 Å². The number of hydrogen-bond donors (Lipinski definition) is 1. The lowest BCUT2D eigenvalue weighted by Gasteiger charge is -2.40. The monoisotopic (exact) mass is 284 g/mol. The molecule has 1 unspecified atom stereocenters. The molecular weight excluding hydrogens is 264 g/mol. The van der Waals surface area contributed by atoms with Gasteiger partial charge in [0.15, 0.2) is 5.82 Å². The first-order chi connectivity index (χ1) is 9.58. The highest BCUT2D eigenvalue weighted by molar-refractivity contribution is 5.67. The quantitative estimate of drug-likeness (QED) is 0.731. The molecule has 1 atom stereocenters. The average molecular weight is 284 g/mol. The van der Waals surface area contributed by atoms with E-state index in [1.807, 2.05) is 0 Å². The van der Waals surface area contributed by atoms with Gasteiger partial charge < -0.3 is 14.6 Å². The van der Waals surface area contributed by atoms with Gasteiger partial charge in [0.2, 0.25) is 0 Å². The molecule has 1 aliphatic rings. The van der Waals surface area contributed by atoms with E-state index in [-0.39, 0.29) is 12.0 Å². The first kappa shape index (κ1) is 14.9. The van der Waals surface area contributed by atoms with Crippen LogP contribution in [-0.4, -0.2) is 57.2 Å². The van der Waals surface area contributed by atoms with Crippen LogP contribution in [0.3, 0.4) is 0 Å². The number of carbonyl (C=O) groups is 1. The summed E-state index contributed by atoms with van der Waals surface area (Å²) in [4.78, 5) is 10.8. The van der Waals surface area contributed by atoms with Crippen molar-refractivity contribution < 1.29 is 19.4 Å². The number of hydrogen-bond acceptors (Lipinski definition) is 6. The molecule has 0 spiro atoms. The van der Waals surface area contributed by atoms with Gasteiger partial charge >= 0.3 is 5.97 Å². The van der Waals surface area contributed by atoms with Gasteiger partial charge in [-0.2, -0.15) is 0 Å². The van der Waals surface area contributed by atoms with Crippen LogP contribution in [-0.2, 0) is 27.2 Å². The minimum absolute atomic E-state index is 0.0782. The maximum absolute atomic E-state index is 10.8. The van der Waals surface area contributed by atoms with Gasteiger partial charge in [0, 0.05) is 20.6 Å². The summed E-state index contributed by atoms with van der Waals surface area (Å²) in [7, 11) is 3.19. The molecule has 1 N–H and O–H groups in total. The van der Waals surface area contributed by atoms with Crippen molar-refractivity contribution in [1.29, 1.82) is 0 Å². The Morgan fingerprint density at radius 1 is 1.50 bits per heavy atom. The average Bonchev–Trinajstić information content (AvgIpc) is 2.79. The van der Waals surface area contributed by atoms with Crippen molar-refractivity contribution in [3.63, 3.8) is 0 Å². The Morgan fingerprint density at radius 2 is 2.25 bits per heavy atom. The second-order valence-corrected chi connectivity index (χ2v) is 5.15. The van der Waals surface area contributed by atoms with Crippen LogP contribution in [0, 0.1) is 0 Å². The number of carboxylic acid groups (broad SMARTS) is 1. The molecular formula is C12H20N4O4. The van der Waals surface area contributed by atoms with Gasteiger partial charge in [0.1, 0.15) is 0 Å². The minimum atomic E-state index is -0.904. The third-order valence-electron chi connectivity index (χ3n) is 3.90. The molecule has 112 valence electrons. The molecule has 8 nitrogen and oxygen atoms in total. The second kappa shape index (κ2) is 6.27. The Bertz CT molecular complexity index is 453. The smallest absolute Gasteiger partial charge is 0.306 e. The molecule has 1 heterocycles. The van der Waals surface area contributed by atoms with Gasteiger partial charge in [-0.1, -0.05) is 0 Å². The molecule has 1 aromatic rings.